The lowest BCUT2D eigenvalue weighted by molar-refractivity contribution is 0.444. The number of rotatable bonds is 2. The number of anilines is 1. The van der Waals surface area contributed by atoms with Crippen LogP contribution in [0.3, 0.4) is 0 Å². The summed E-state index contributed by atoms with van der Waals surface area (Å²) in [5.74, 6) is 7.07. The Morgan fingerprint density at radius 3 is 2.65 bits per heavy atom. The van der Waals surface area contributed by atoms with Crippen LogP contribution in [0.15, 0.2) is 18.2 Å². The molecule has 0 bridgehead atoms. The average molecular weight is 290 g/mol. The van der Waals surface area contributed by atoms with Crippen LogP contribution in [0.5, 0.6) is 0 Å². The zero-order chi connectivity index (χ0) is 14.1. The maximum Gasteiger partial charge on any atom is 0.144 e. The van der Waals surface area contributed by atoms with Gasteiger partial charge >= 0.3 is 0 Å². The van der Waals surface area contributed by atoms with Crippen LogP contribution in [0.2, 0.25) is 5.02 Å². The van der Waals surface area contributed by atoms with Crippen molar-refractivity contribution in [2.45, 2.75) is 44.9 Å². The van der Waals surface area contributed by atoms with Crippen LogP contribution in [0.4, 0.5) is 5.82 Å². The van der Waals surface area contributed by atoms with Gasteiger partial charge in [0.1, 0.15) is 5.82 Å². The monoisotopic (exact) mass is 289 g/mol. The third-order valence-corrected chi connectivity index (χ3v) is 4.50. The van der Waals surface area contributed by atoms with Gasteiger partial charge in [0, 0.05) is 10.4 Å². The zero-order valence-corrected chi connectivity index (χ0v) is 12.5. The minimum Gasteiger partial charge on any atom is -0.308 e. The van der Waals surface area contributed by atoms with E-state index >= 15 is 0 Å². The number of nitrogens with one attached hydrogen (secondary N) is 1. The van der Waals surface area contributed by atoms with E-state index in [9.17, 15) is 0 Å². The molecule has 0 unspecified atom stereocenters. The number of hydrazine groups is 1. The van der Waals surface area contributed by atoms with Gasteiger partial charge in [0.05, 0.1) is 5.52 Å². The lowest BCUT2D eigenvalue weighted by Crippen LogP contribution is -2.15. The zero-order valence-electron chi connectivity index (χ0n) is 11.7. The number of hydrogen-bond acceptors (Lipinski definition) is 3. The van der Waals surface area contributed by atoms with E-state index in [-0.39, 0.29) is 0 Å². The molecule has 0 spiro atoms. The summed E-state index contributed by atoms with van der Waals surface area (Å²) in [4.78, 5) is 4.71. The maximum atomic E-state index is 6.17. The van der Waals surface area contributed by atoms with Crippen molar-refractivity contribution in [3.05, 3.63) is 34.3 Å². The number of aryl methyl sites for hydroxylation is 1. The van der Waals surface area contributed by atoms with E-state index in [1.165, 1.54) is 37.7 Å². The van der Waals surface area contributed by atoms with Crippen molar-refractivity contribution in [2.75, 3.05) is 5.43 Å². The highest BCUT2D eigenvalue weighted by Gasteiger charge is 2.20. The van der Waals surface area contributed by atoms with Gasteiger partial charge in [0.25, 0.3) is 0 Å². The lowest BCUT2D eigenvalue weighted by Gasteiger charge is -2.24. The van der Waals surface area contributed by atoms with Gasteiger partial charge in [-0.05, 0) is 55.0 Å². The van der Waals surface area contributed by atoms with Gasteiger partial charge in [-0.1, -0.05) is 30.9 Å². The van der Waals surface area contributed by atoms with Gasteiger partial charge in [-0.3, -0.25) is 0 Å². The molecule has 0 aliphatic heterocycles. The van der Waals surface area contributed by atoms with Crippen LogP contribution in [-0.4, -0.2) is 4.98 Å². The van der Waals surface area contributed by atoms with Crippen molar-refractivity contribution in [2.24, 2.45) is 5.84 Å². The van der Waals surface area contributed by atoms with E-state index in [4.69, 9.17) is 22.4 Å². The van der Waals surface area contributed by atoms with Gasteiger partial charge in [0.15, 0.2) is 0 Å². The Bertz CT molecular complexity index is 633. The van der Waals surface area contributed by atoms with Crippen molar-refractivity contribution in [1.29, 1.82) is 0 Å². The molecule has 4 heteroatoms. The molecule has 1 aliphatic rings. The van der Waals surface area contributed by atoms with Gasteiger partial charge < -0.3 is 5.43 Å². The number of hydrogen-bond donors (Lipinski definition) is 2. The molecule has 0 radical (unpaired) electrons. The fourth-order valence-corrected chi connectivity index (χ4v) is 3.56. The van der Waals surface area contributed by atoms with Crippen molar-refractivity contribution in [3.8, 4) is 0 Å². The highest BCUT2D eigenvalue weighted by molar-refractivity contribution is 6.31. The summed E-state index contributed by atoms with van der Waals surface area (Å²) in [5, 5.41) is 1.87. The minimum absolute atomic E-state index is 0.561. The van der Waals surface area contributed by atoms with Crippen LogP contribution in [0, 0.1) is 6.92 Å². The second-order valence-corrected chi connectivity index (χ2v) is 6.14. The quantitative estimate of drug-likeness (QED) is 0.631. The molecular formula is C16H20ClN3. The Labute approximate surface area is 124 Å². The predicted octanol–water partition coefficient (Wildman–Crippen LogP) is 4.53. The molecule has 1 aromatic carbocycles. The highest BCUT2D eigenvalue weighted by atomic mass is 35.5. The molecule has 3 nitrogen and oxygen atoms in total. The molecule has 20 heavy (non-hydrogen) atoms. The van der Waals surface area contributed by atoms with E-state index in [1.54, 1.807) is 0 Å². The average Bonchev–Trinajstić information content (AvgIpc) is 2.47. The first-order valence-corrected chi connectivity index (χ1v) is 7.64. The van der Waals surface area contributed by atoms with E-state index in [0.717, 1.165) is 27.3 Å². The standard InChI is InChI=1S/C16H20ClN3/c1-10-7-13(17)8-12-9-14(11-5-3-2-4-6-11)16(20-18)19-15(10)12/h7-9,11H,2-6,18H2,1H3,(H,19,20). The van der Waals surface area contributed by atoms with E-state index in [0.29, 0.717) is 5.92 Å². The molecule has 3 rings (SSSR count). The van der Waals surface area contributed by atoms with Gasteiger partial charge in [-0.25, -0.2) is 10.8 Å². The SMILES string of the molecule is Cc1cc(Cl)cc2cc(C3CCCCC3)c(NN)nc12. The first kappa shape index (κ1) is 13.7. The molecule has 1 aromatic heterocycles. The van der Waals surface area contributed by atoms with Gasteiger partial charge in [-0.15, -0.1) is 0 Å². The number of fused-ring (bicyclic) bond motifs is 1. The Hall–Kier alpha value is -1.32. The second-order valence-electron chi connectivity index (χ2n) is 5.70. The Balaban J connectivity index is 2.15. The number of nitrogens with two attached hydrogens (primary N) is 1. The summed E-state index contributed by atoms with van der Waals surface area (Å²) < 4.78 is 0. The maximum absolute atomic E-state index is 6.17. The first-order valence-electron chi connectivity index (χ1n) is 7.26. The van der Waals surface area contributed by atoms with Gasteiger partial charge in [-0.2, -0.15) is 0 Å². The third kappa shape index (κ3) is 2.48. The van der Waals surface area contributed by atoms with Crippen LogP contribution in [0.1, 0.15) is 49.1 Å². The molecule has 1 heterocycles. The van der Waals surface area contributed by atoms with E-state index in [2.05, 4.69) is 11.5 Å². The smallest absolute Gasteiger partial charge is 0.144 e. The molecule has 3 N–H and O–H groups in total. The summed E-state index contributed by atoms with van der Waals surface area (Å²) in [7, 11) is 0. The number of halogens is 1. The summed E-state index contributed by atoms with van der Waals surface area (Å²) in [6, 6.07) is 6.15. The summed E-state index contributed by atoms with van der Waals surface area (Å²) >= 11 is 6.17. The number of nitrogen functional groups attached to an aromatic ring is 1. The van der Waals surface area contributed by atoms with E-state index < -0.39 is 0 Å². The summed E-state index contributed by atoms with van der Waals surface area (Å²) in [5.41, 5.74) is 6.08. The van der Waals surface area contributed by atoms with Crippen molar-refractivity contribution < 1.29 is 0 Å². The van der Waals surface area contributed by atoms with Crippen LogP contribution >= 0.6 is 11.6 Å². The molecular weight excluding hydrogens is 270 g/mol. The summed E-state index contributed by atoms with van der Waals surface area (Å²) in [6.45, 7) is 2.03. The number of benzene rings is 1. The van der Waals surface area contributed by atoms with Crippen molar-refractivity contribution in [1.82, 2.24) is 4.98 Å². The lowest BCUT2D eigenvalue weighted by atomic mass is 9.84. The first-order chi connectivity index (χ1) is 9.69. The Morgan fingerprint density at radius 2 is 1.95 bits per heavy atom. The third-order valence-electron chi connectivity index (χ3n) is 4.28. The van der Waals surface area contributed by atoms with Crippen LogP contribution in [-0.2, 0) is 0 Å². The number of nitrogens with zero attached hydrogens (tertiary/aromatic N) is 1. The highest BCUT2D eigenvalue weighted by Crippen LogP contribution is 2.37. The van der Waals surface area contributed by atoms with Crippen molar-refractivity contribution >= 4 is 28.3 Å². The van der Waals surface area contributed by atoms with Crippen LogP contribution < -0.4 is 11.3 Å². The van der Waals surface area contributed by atoms with Crippen LogP contribution in [0.25, 0.3) is 10.9 Å². The molecule has 106 valence electrons. The summed E-state index contributed by atoms with van der Waals surface area (Å²) in [6.07, 6.45) is 6.37. The Kier molecular flexibility index (Phi) is 3.81. The normalized spacial score (nSPS) is 16.6. The van der Waals surface area contributed by atoms with E-state index in [1.807, 2.05) is 19.1 Å². The predicted molar refractivity (Wildman–Crippen MR) is 85.1 cm³/mol. The van der Waals surface area contributed by atoms with Gasteiger partial charge in [0.2, 0.25) is 0 Å². The Morgan fingerprint density at radius 1 is 1.20 bits per heavy atom. The molecule has 0 atom stereocenters. The molecule has 0 amide bonds. The largest absolute Gasteiger partial charge is 0.308 e. The second kappa shape index (κ2) is 5.58. The molecule has 0 saturated heterocycles. The molecule has 1 fully saturated rings. The van der Waals surface area contributed by atoms with Crippen molar-refractivity contribution in [3.63, 3.8) is 0 Å². The number of pyridine rings is 1. The number of aromatic nitrogens is 1. The topological polar surface area (TPSA) is 50.9 Å². The molecule has 1 aliphatic carbocycles. The minimum atomic E-state index is 0.561. The molecule has 2 aromatic rings. The fourth-order valence-electron chi connectivity index (χ4n) is 3.28. The fraction of sp³-hybridized carbons (Fsp3) is 0.438. The molecule has 1 saturated carbocycles.